The molecular formula is C24H26N4O3. The van der Waals surface area contributed by atoms with Crippen LogP contribution in [-0.4, -0.2) is 34.1 Å². The fourth-order valence-electron chi connectivity index (χ4n) is 3.31. The van der Waals surface area contributed by atoms with Crippen molar-refractivity contribution in [3.05, 3.63) is 72.1 Å². The molecular weight excluding hydrogens is 392 g/mol. The third-order valence-corrected chi connectivity index (χ3v) is 5.14. The Morgan fingerprint density at radius 2 is 1.71 bits per heavy atom. The summed E-state index contributed by atoms with van der Waals surface area (Å²) in [5.74, 6) is 0.692. The fourth-order valence-corrected chi connectivity index (χ4v) is 3.31. The molecule has 0 radical (unpaired) electrons. The van der Waals surface area contributed by atoms with E-state index in [4.69, 9.17) is 4.42 Å². The Balaban J connectivity index is 1.28. The molecule has 7 heteroatoms. The summed E-state index contributed by atoms with van der Waals surface area (Å²) < 4.78 is 5.68. The van der Waals surface area contributed by atoms with E-state index in [9.17, 15) is 9.59 Å². The molecule has 2 N–H and O–H groups in total. The van der Waals surface area contributed by atoms with Crippen LogP contribution in [0.4, 0.5) is 0 Å². The van der Waals surface area contributed by atoms with Gasteiger partial charge in [0.2, 0.25) is 23.6 Å². The van der Waals surface area contributed by atoms with Crippen molar-refractivity contribution in [2.45, 2.75) is 50.6 Å². The molecule has 1 aliphatic carbocycles. The highest BCUT2D eigenvalue weighted by Crippen LogP contribution is 2.19. The lowest BCUT2D eigenvalue weighted by atomic mass is 10.0. The minimum absolute atomic E-state index is 0.121. The predicted molar refractivity (Wildman–Crippen MR) is 116 cm³/mol. The van der Waals surface area contributed by atoms with Crippen molar-refractivity contribution < 1.29 is 14.0 Å². The lowest BCUT2D eigenvalue weighted by Crippen LogP contribution is -2.48. The van der Waals surface area contributed by atoms with E-state index in [1.54, 1.807) is 0 Å². The molecule has 0 aliphatic heterocycles. The molecule has 1 unspecified atom stereocenters. The van der Waals surface area contributed by atoms with Crippen molar-refractivity contribution >= 4 is 11.8 Å². The van der Waals surface area contributed by atoms with Crippen LogP contribution in [0, 0.1) is 0 Å². The van der Waals surface area contributed by atoms with E-state index in [-0.39, 0.29) is 24.3 Å². The van der Waals surface area contributed by atoms with Crippen LogP contribution in [0.5, 0.6) is 0 Å². The van der Waals surface area contributed by atoms with Crippen LogP contribution in [0.15, 0.2) is 65.1 Å². The maximum absolute atomic E-state index is 12.6. The number of carbonyl (C=O) groups is 2. The Kier molecular flexibility index (Phi) is 6.72. The van der Waals surface area contributed by atoms with Crippen LogP contribution in [0.25, 0.3) is 11.5 Å². The largest absolute Gasteiger partial charge is 0.421 e. The number of hydrogen-bond donors (Lipinski definition) is 2. The number of nitrogens with zero attached hydrogens (tertiary/aromatic N) is 2. The van der Waals surface area contributed by atoms with Gasteiger partial charge in [0.25, 0.3) is 0 Å². The third kappa shape index (κ3) is 6.25. The van der Waals surface area contributed by atoms with Crippen molar-refractivity contribution in [3.63, 3.8) is 0 Å². The van der Waals surface area contributed by atoms with E-state index in [1.807, 2.05) is 60.7 Å². The normalized spacial score (nSPS) is 14.1. The fraction of sp³-hybridized carbons (Fsp3) is 0.333. The number of nitrogens with one attached hydrogen (secondary N) is 2. The molecule has 1 aliphatic rings. The maximum atomic E-state index is 12.6. The smallest absolute Gasteiger partial charge is 0.247 e. The van der Waals surface area contributed by atoms with Crippen LogP contribution in [-0.2, 0) is 22.4 Å². The van der Waals surface area contributed by atoms with Gasteiger partial charge in [0, 0.05) is 30.9 Å². The first kappa shape index (κ1) is 20.8. The number of carbonyl (C=O) groups excluding carboxylic acids is 2. The Labute approximate surface area is 181 Å². The summed E-state index contributed by atoms with van der Waals surface area (Å²) in [5.41, 5.74) is 1.88. The molecule has 2 amide bonds. The van der Waals surface area contributed by atoms with Gasteiger partial charge in [-0.1, -0.05) is 48.5 Å². The SMILES string of the molecule is O=C(CCCc1nnc(-c2ccccc2)o1)NC(Cc1ccccc1)C(=O)NC1CC1. The van der Waals surface area contributed by atoms with Gasteiger partial charge in [0.1, 0.15) is 6.04 Å². The number of aryl methyl sites for hydroxylation is 1. The minimum Gasteiger partial charge on any atom is -0.421 e. The molecule has 0 spiro atoms. The zero-order chi connectivity index (χ0) is 21.5. The molecule has 1 fully saturated rings. The lowest BCUT2D eigenvalue weighted by Gasteiger charge is -2.18. The molecule has 1 atom stereocenters. The first-order valence-electron chi connectivity index (χ1n) is 10.7. The van der Waals surface area contributed by atoms with Crippen molar-refractivity contribution in [1.82, 2.24) is 20.8 Å². The van der Waals surface area contributed by atoms with Gasteiger partial charge < -0.3 is 15.1 Å². The molecule has 4 rings (SSSR count). The van der Waals surface area contributed by atoms with Crippen LogP contribution >= 0.6 is 0 Å². The van der Waals surface area contributed by atoms with Gasteiger partial charge in [-0.15, -0.1) is 10.2 Å². The maximum Gasteiger partial charge on any atom is 0.247 e. The van der Waals surface area contributed by atoms with Gasteiger partial charge in [-0.3, -0.25) is 9.59 Å². The van der Waals surface area contributed by atoms with Crippen molar-refractivity contribution in [1.29, 1.82) is 0 Å². The summed E-state index contributed by atoms with van der Waals surface area (Å²) in [6.45, 7) is 0. The van der Waals surface area contributed by atoms with E-state index in [1.165, 1.54) is 0 Å². The van der Waals surface area contributed by atoms with Gasteiger partial charge in [-0.25, -0.2) is 0 Å². The van der Waals surface area contributed by atoms with Crippen LogP contribution in [0.2, 0.25) is 0 Å². The van der Waals surface area contributed by atoms with Crippen LogP contribution in [0.3, 0.4) is 0 Å². The standard InChI is InChI=1S/C24H26N4O3/c29-21(12-7-13-22-27-28-24(31-22)18-10-5-2-6-11-18)26-20(23(30)25-19-14-15-19)16-17-8-3-1-4-9-17/h1-6,8-11,19-20H,7,12-16H2,(H,25,30)(H,26,29). The summed E-state index contributed by atoms with van der Waals surface area (Å²) >= 11 is 0. The van der Waals surface area contributed by atoms with E-state index in [2.05, 4.69) is 20.8 Å². The van der Waals surface area contributed by atoms with Gasteiger partial charge in [0.15, 0.2) is 0 Å². The molecule has 1 aromatic heterocycles. The first-order chi connectivity index (χ1) is 15.2. The number of amides is 2. The number of aromatic nitrogens is 2. The van der Waals surface area contributed by atoms with E-state index in [0.717, 1.165) is 24.0 Å². The zero-order valence-electron chi connectivity index (χ0n) is 17.3. The van der Waals surface area contributed by atoms with E-state index in [0.29, 0.717) is 31.0 Å². The number of benzene rings is 2. The summed E-state index contributed by atoms with van der Waals surface area (Å²) in [5, 5.41) is 14.0. The Hall–Kier alpha value is -3.48. The van der Waals surface area contributed by atoms with Crippen LogP contribution in [0.1, 0.15) is 37.1 Å². The molecule has 160 valence electrons. The van der Waals surface area contributed by atoms with Crippen molar-refractivity contribution in [3.8, 4) is 11.5 Å². The van der Waals surface area contributed by atoms with Crippen molar-refractivity contribution in [2.24, 2.45) is 0 Å². The van der Waals surface area contributed by atoms with Gasteiger partial charge in [-0.2, -0.15) is 0 Å². The Morgan fingerprint density at radius 1 is 1.00 bits per heavy atom. The summed E-state index contributed by atoms with van der Waals surface area (Å²) in [6.07, 6.45) is 3.83. The summed E-state index contributed by atoms with van der Waals surface area (Å²) in [4.78, 5) is 25.1. The Bertz CT molecular complexity index is 1000. The zero-order valence-corrected chi connectivity index (χ0v) is 17.3. The number of rotatable bonds is 10. The van der Waals surface area contributed by atoms with Gasteiger partial charge in [-0.05, 0) is 37.0 Å². The molecule has 7 nitrogen and oxygen atoms in total. The molecule has 2 aromatic carbocycles. The first-order valence-corrected chi connectivity index (χ1v) is 10.7. The molecule has 1 saturated carbocycles. The van der Waals surface area contributed by atoms with Gasteiger partial charge >= 0.3 is 0 Å². The molecule has 0 bridgehead atoms. The van der Waals surface area contributed by atoms with Crippen LogP contribution < -0.4 is 10.6 Å². The second-order valence-corrected chi connectivity index (χ2v) is 7.81. The quantitative estimate of drug-likeness (QED) is 0.527. The summed E-state index contributed by atoms with van der Waals surface area (Å²) in [6, 6.07) is 19.0. The molecule has 3 aromatic rings. The van der Waals surface area contributed by atoms with E-state index >= 15 is 0 Å². The van der Waals surface area contributed by atoms with Gasteiger partial charge in [0.05, 0.1) is 0 Å². The van der Waals surface area contributed by atoms with E-state index < -0.39 is 6.04 Å². The Morgan fingerprint density at radius 3 is 2.42 bits per heavy atom. The number of hydrogen-bond acceptors (Lipinski definition) is 5. The third-order valence-electron chi connectivity index (χ3n) is 5.14. The molecule has 1 heterocycles. The minimum atomic E-state index is -0.580. The second kappa shape index (κ2) is 10.0. The second-order valence-electron chi connectivity index (χ2n) is 7.81. The lowest BCUT2D eigenvalue weighted by molar-refractivity contribution is -0.129. The molecule has 0 saturated heterocycles. The highest BCUT2D eigenvalue weighted by atomic mass is 16.4. The highest BCUT2D eigenvalue weighted by Gasteiger charge is 2.28. The topological polar surface area (TPSA) is 97.1 Å². The highest BCUT2D eigenvalue weighted by molar-refractivity contribution is 5.88. The average molecular weight is 418 g/mol. The molecule has 31 heavy (non-hydrogen) atoms. The summed E-state index contributed by atoms with van der Waals surface area (Å²) in [7, 11) is 0. The predicted octanol–water partition coefficient (Wildman–Crippen LogP) is 3.07. The monoisotopic (exact) mass is 418 g/mol. The average Bonchev–Trinajstić information content (AvgIpc) is 3.48. The van der Waals surface area contributed by atoms with Crippen molar-refractivity contribution in [2.75, 3.05) is 0 Å².